The fourth-order valence-electron chi connectivity index (χ4n) is 6.79. The van der Waals surface area contributed by atoms with E-state index in [9.17, 15) is 4.79 Å². The van der Waals surface area contributed by atoms with Crippen LogP contribution in [0.5, 0.6) is 0 Å². The van der Waals surface area contributed by atoms with Crippen LogP contribution in [0, 0.1) is 11.3 Å². The van der Waals surface area contributed by atoms with Crippen LogP contribution in [0.1, 0.15) is 63.6 Å². The van der Waals surface area contributed by atoms with Gasteiger partial charge in [0.15, 0.2) is 5.78 Å². The number of Topliss-reactive ketones (excluding diaryl/α,β-unsaturated/α-hetero) is 1. The molecule has 1 aromatic carbocycles. The van der Waals surface area contributed by atoms with E-state index in [0.717, 1.165) is 44.3 Å². The largest absolute Gasteiger partial charge is 0.378 e. The molecule has 1 saturated heterocycles. The third-order valence-corrected chi connectivity index (χ3v) is 9.23. The van der Waals surface area contributed by atoms with Gasteiger partial charge in [0.25, 0.3) is 0 Å². The van der Waals surface area contributed by atoms with Crippen molar-refractivity contribution in [3.63, 3.8) is 0 Å². The van der Waals surface area contributed by atoms with E-state index in [0.29, 0.717) is 42.4 Å². The molecule has 1 aliphatic heterocycles. The van der Waals surface area contributed by atoms with Gasteiger partial charge in [0.1, 0.15) is 0 Å². The minimum Gasteiger partial charge on any atom is -0.378 e. The number of morpholine rings is 1. The summed E-state index contributed by atoms with van der Waals surface area (Å²) in [5.41, 5.74) is 12.1. The van der Waals surface area contributed by atoms with Gasteiger partial charge in [0.2, 0.25) is 0 Å². The summed E-state index contributed by atoms with van der Waals surface area (Å²) in [6, 6.07) is 4.67. The van der Waals surface area contributed by atoms with Crippen molar-refractivity contribution in [2.75, 3.05) is 38.3 Å². The number of aliphatic imine (C=N–C) groups is 2. The number of benzene rings is 1. The molecule has 1 unspecified atom stereocenters. The van der Waals surface area contributed by atoms with Crippen molar-refractivity contribution in [2.24, 2.45) is 21.3 Å². The van der Waals surface area contributed by atoms with Crippen molar-refractivity contribution in [2.45, 2.75) is 59.8 Å². The van der Waals surface area contributed by atoms with Crippen LogP contribution < -0.4 is 4.90 Å². The van der Waals surface area contributed by atoms with Gasteiger partial charge in [-0.1, -0.05) is 56.9 Å². The molecule has 1 heterocycles. The van der Waals surface area contributed by atoms with E-state index in [1.54, 1.807) is 13.3 Å². The van der Waals surface area contributed by atoms with E-state index in [4.69, 9.17) is 9.73 Å². The van der Waals surface area contributed by atoms with Crippen molar-refractivity contribution in [3.8, 4) is 0 Å². The van der Waals surface area contributed by atoms with E-state index in [1.165, 1.54) is 39.1 Å². The van der Waals surface area contributed by atoms with E-state index < -0.39 is 0 Å². The van der Waals surface area contributed by atoms with Gasteiger partial charge in [-0.25, -0.2) is 0 Å². The van der Waals surface area contributed by atoms with Gasteiger partial charge < -0.3 is 9.64 Å². The maximum absolute atomic E-state index is 13.9. The first kappa shape index (κ1) is 29.9. The molecule has 2 fully saturated rings. The Bertz CT molecular complexity index is 1490. The number of fused-ring (bicyclic) bond motifs is 2. The van der Waals surface area contributed by atoms with Gasteiger partial charge in [-0.15, -0.1) is 0 Å². The lowest BCUT2D eigenvalue weighted by molar-refractivity contribution is -0.111. The first-order valence-electron chi connectivity index (χ1n) is 15.3. The predicted molar refractivity (Wildman–Crippen MR) is 177 cm³/mol. The molecular formula is C37H45N3O2. The number of hydrogen-bond acceptors (Lipinski definition) is 5. The summed E-state index contributed by atoms with van der Waals surface area (Å²) in [6.07, 6.45) is 14.8. The summed E-state index contributed by atoms with van der Waals surface area (Å²) >= 11 is 0. The number of ether oxygens (including phenoxy) is 1. The van der Waals surface area contributed by atoms with Gasteiger partial charge in [-0.2, -0.15) is 0 Å². The number of carbonyl (C=O) groups is 1. The van der Waals surface area contributed by atoms with Gasteiger partial charge in [0.05, 0.1) is 18.8 Å². The molecule has 0 bridgehead atoms. The maximum Gasteiger partial charge on any atom is 0.192 e. The summed E-state index contributed by atoms with van der Waals surface area (Å²) in [5, 5.41) is 0. The zero-order chi connectivity index (χ0) is 30.0. The van der Waals surface area contributed by atoms with Crippen LogP contribution in [0.3, 0.4) is 0 Å². The Morgan fingerprint density at radius 2 is 1.95 bits per heavy atom. The van der Waals surface area contributed by atoms with Crippen LogP contribution in [0.4, 0.5) is 5.69 Å². The number of carbonyl (C=O) groups excluding carboxylic acids is 1. The van der Waals surface area contributed by atoms with Crippen molar-refractivity contribution in [3.05, 3.63) is 93.8 Å². The van der Waals surface area contributed by atoms with Crippen LogP contribution >= 0.6 is 0 Å². The molecule has 5 heteroatoms. The highest BCUT2D eigenvalue weighted by Gasteiger charge is 2.35. The summed E-state index contributed by atoms with van der Waals surface area (Å²) in [4.78, 5) is 25.2. The fraction of sp³-hybridized carbons (Fsp3) is 0.432. The summed E-state index contributed by atoms with van der Waals surface area (Å²) in [6.45, 7) is 20.1. The first-order valence-corrected chi connectivity index (χ1v) is 15.3. The van der Waals surface area contributed by atoms with Crippen LogP contribution in [-0.2, 0) is 22.4 Å². The minimum atomic E-state index is -0.107. The molecule has 0 spiro atoms. The summed E-state index contributed by atoms with van der Waals surface area (Å²) < 4.78 is 5.66. The Morgan fingerprint density at radius 3 is 2.57 bits per heavy atom. The zero-order valence-electron chi connectivity index (χ0n) is 26.1. The third kappa shape index (κ3) is 5.98. The molecule has 3 aliphatic carbocycles. The second-order valence-corrected chi connectivity index (χ2v) is 12.7. The van der Waals surface area contributed by atoms with E-state index in [-0.39, 0.29) is 11.2 Å². The molecule has 0 aromatic heterocycles. The lowest BCUT2D eigenvalue weighted by Crippen LogP contribution is -2.37. The Balaban J connectivity index is 1.43. The highest BCUT2D eigenvalue weighted by molar-refractivity contribution is 6.21. The third-order valence-electron chi connectivity index (χ3n) is 9.23. The summed E-state index contributed by atoms with van der Waals surface area (Å²) in [7, 11) is 1.69. The Kier molecular flexibility index (Phi) is 8.79. The number of nitrogens with zero attached hydrogens (tertiary/aromatic N) is 3. The quantitative estimate of drug-likeness (QED) is 0.178. The topological polar surface area (TPSA) is 54.3 Å². The molecular weight excluding hydrogens is 518 g/mol. The van der Waals surface area contributed by atoms with Crippen LogP contribution in [0.25, 0.3) is 5.57 Å². The van der Waals surface area contributed by atoms with Crippen molar-refractivity contribution in [1.82, 2.24) is 0 Å². The molecule has 1 atom stereocenters. The van der Waals surface area contributed by atoms with Crippen molar-refractivity contribution in [1.29, 1.82) is 0 Å². The van der Waals surface area contributed by atoms with E-state index >= 15 is 0 Å². The molecule has 42 heavy (non-hydrogen) atoms. The van der Waals surface area contributed by atoms with Gasteiger partial charge in [-0.05, 0) is 95.9 Å². The first-order chi connectivity index (χ1) is 20.1. The smallest absolute Gasteiger partial charge is 0.192 e. The number of hydrogen-bond donors (Lipinski definition) is 0. The molecule has 1 saturated carbocycles. The highest BCUT2D eigenvalue weighted by Crippen LogP contribution is 2.49. The zero-order valence-corrected chi connectivity index (χ0v) is 26.1. The highest BCUT2D eigenvalue weighted by atomic mass is 16.5. The SMILES string of the molecule is C=C1CCC(C(/C=N\C(C)=C(\C=NC)C(=O)C(=C)Cc2cc3c(cc2N2CCOCC2)C2=C(C=C2)C(C)(C)C3)=C/C)C1. The van der Waals surface area contributed by atoms with Gasteiger partial charge >= 0.3 is 0 Å². The monoisotopic (exact) mass is 563 g/mol. The lowest BCUT2D eigenvalue weighted by atomic mass is 9.66. The second-order valence-electron chi connectivity index (χ2n) is 12.7. The Morgan fingerprint density at radius 1 is 1.19 bits per heavy atom. The normalized spacial score (nSPS) is 22.4. The lowest BCUT2D eigenvalue weighted by Gasteiger charge is -2.40. The van der Waals surface area contributed by atoms with E-state index in [2.05, 4.69) is 67.3 Å². The van der Waals surface area contributed by atoms with Crippen LogP contribution in [0.15, 0.2) is 87.1 Å². The molecule has 0 N–H and O–H groups in total. The predicted octanol–water partition coefficient (Wildman–Crippen LogP) is 7.44. The number of anilines is 1. The molecule has 4 aliphatic rings. The van der Waals surface area contributed by atoms with Gasteiger partial charge in [0, 0.05) is 50.4 Å². The Labute approximate surface area is 251 Å². The van der Waals surface area contributed by atoms with Crippen molar-refractivity contribution < 1.29 is 9.53 Å². The van der Waals surface area contributed by atoms with Crippen LogP contribution in [0.2, 0.25) is 0 Å². The number of rotatable bonds is 9. The molecule has 0 radical (unpaired) electrons. The second kappa shape index (κ2) is 12.3. The van der Waals surface area contributed by atoms with Crippen molar-refractivity contribution >= 4 is 29.5 Å². The average Bonchev–Trinajstić information content (AvgIpc) is 3.37. The minimum absolute atomic E-state index is 0.0990. The van der Waals surface area contributed by atoms with Crippen LogP contribution in [-0.4, -0.2) is 51.6 Å². The fourth-order valence-corrected chi connectivity index (χ4v) is 6.79. The summed E-state index contributed by atoms with van der Waals surface area (Å²) in [5.74, 6) is 0.340. The molecule has 0 amide bonds. The number of ketones is 1. The number of allylic oxidation sites excluding steroid dienone is 10. The molecule has 220 valence electrons. The molecule has 5 nitrogen and oxygen atoms in total. The Hall–Kier alpha value is -3.57. The van der Waals surface area contributed by atoms with Gasteiger partial charge in [-0.3, -0.25) is 14.8 Å². The standard InChI is InChI=1S/C37H45N3O2/c1-8-27(28-10-9-24(2)17-28)22-39-26(4)33(23-38-7)36(41)25(3)18-29-19-30-21-37(5,6)34-12-11-31(34)32(30)20-35(29)40-13-15-42-16-14-40/h8,11-12,19-20,22-23,28H,2-3,9-10,13-18,21H2,1,4-7H3/b27-8+,33-26-,38-23?,39-22-. The average molecular weight is 564 g/mol. The molecule has 5 rings (SSSR count). The van der Waals surface area contributed by atoms with E-state index in [1.807, 2.05) is 20.1 Å². The molecule has 1 aromatic rings. The maximum atomic E-state index is 13.9.